The maximum atomic E-state index is 12.0. The van der Waals surface area contributed by atoms with Gasteiger partial charge >= 0.3 is 48.0 Å². The summed E-state index contributed by atoms with van der Waals surface area (Å²) in [6.07, 6.45) is 5.99. The summed E-state index contributed by atoms with van der Waals surface area (Å²) < 4.78 is 10.8. The molecule has 4 heterocycles. The van der Waals surface area contributed by atoms with Crippen LogP contribution in [-0.2, 0) is 38.2 Å². The summed E-state index contributed by atoms with van der Waals surface area (Å²) in [5.74, 6) is -10.9. The van der Waals surface area contributed by atoms with Crippen LogP contribution < -0.4 is 11.5 Å². The Morgan fingerprint density at radius 1 is 0.446 bits per heavy atom. The van der Waals surface area contributed by atoms with Crippen LogP contribution in [0, 0.1) is 0 Å². The van der Waals surface area contributed by atoms with E-state index in [9.17, 15) is 9.59 Å². The number of carbonyl (C=O) groups excluding carboxylic acids is 2. The highest BCUT2D eigenvalue weighted by Crippen LogP contribution is 2.23. The van der Waals surface area contributed by atoms with Crippen LogP contribution in [0.25, 0.3) is 0 Å². The quantitative estimate of drug-likeness (QED) is 0.174. The second kappa shape index (κ2) is 24.0. The highest BCUT2D eigenvalue weighted by molar-refractivity contribution is 6.28. The zero-order valence-electron chi connectivity index (χ0n) is 32.9. The van der Waals surface area contributed by atoms with E-state index < -0.39 is 47.0 Å². The number of hydrogen-bond donors (Lipinski definition) is 8. The second-order valence-electron chi connectivity index (χ2n) is 15.3. The zero-order valence-corrected chi connectivity index (χ0v) is 32.9. The Balaban J connectivity index is 0.000000760. The smallest absolute Gasteiger partial charge is 0.414 e. The van der Waals surface area contributed by atoms with Crippen molar-refractivity contribution in [3.8, 4) is 0 Å². The maximum Gasteiger partial charge on any atom is 0.414 e. The minimum Gasteiger partial charge on any atom is -0.473 e. The standard InChI is InChI=1S/2C14H27N3O2.3C2H2O4/c2*1-14(2,3)19-13(18)16-8-5-12(6-9-16)17-7-4-11(15)10-17;3*3-1(4)2(5)6/h2*11-12H,4-10,15H2,1-3H3;3*(H,3,4)(H,5,6). The molecule has 10 N–H and O–H groups in total. The molecule has 0 aromatic rings. The van der Waals surface area contributed by atoms with Gasteiger partial charge in [-0.25, -0.2) is 38.4 Å². The van der Waals surface area contributed by atoms with Gasteiger partial charge in [0, 0.05) is 76.5 Å². The number of amides is 2. The third kappa shape index (κ3) is 22.5. The predicted molar refractivity (Wildman–Crippen MR) is 196 cm³/mol. The molecule has 0 aliphatic carbocycles. The van der Waals surface area contributed by atoms with Crippen molar-refractivity contribution >= 4 is 48.0 Å². The molecule has 2 unspecified atom stereocenters. The van der Waals surface area contributed by atoms with Crippen molar-refractivity contribution < 1.29 is 78.5 Å². The number of nitrogens with two attached hydrogens (primary N) is 2. The van der Waals surface area contributed by atoms with Crippen molar-refractivity contribution in [3.05, 3.63) is 0 Å². The van der Waals surface area contributed by atoms with Gasteiger partial charge in [0.05, 0.1) is 0 Å². The van der Waals surface area contributed by atoms with E-state index in [-0.39, 0.29) is 12.2 Å². The molecule has 2 atom stereocenters. The van der Waals surface area contributed by atoms with Gasteiger partial charge in [-0.1, -0.05) is 0 Å². The van der Waals surface area contributed by atoms with Crippen LogP contribution in [0.5, 0.6) is 0 Å². The summed E-state index contributed by atoms with van der Waals surface area (Å²) in [6, 6.07) is 1.85. The number of rotatable bonds is 2. The fraction of sp³-hybridized carbons (Fsp3) is 0.765. The van der Waals surface area contributed by atoms with Crippen LogP contribution in [0.4, 0.5) is 9.59 Å². The molecule has 0 bridgehead atoms. The first-order valence-corrected chi connectivity index (χ1v) is 18.0. The Kier molecular flexibility index (Phi) is 21.9. The molecule has 322 valence electrons. The number of piperidine rings is 2. The van der Waals surface area contributed by atoms with Gasteiger partial charge in [0.1, 0.15) is 11.2 Å². The van der Waals surface area contributed by atoms with Crippen LogP contribution in [0.1, 0.15) is 80.1 Å². The number of carboxylic acids is 6. The van der Waals surface area contributed by atoms with Gasteiger partial charge in [0.15, 0.2) is 0 Å². The average Bonchev–Trinajstić information content (AvgIpc) is 3.72. The molecule has 4 aliphatic rings. The molecule has 4 aliphatic heterocycles. The Labute approximate surface area is 325 Å². The van der Waals surface area contributed by atoms with Gasteiger partial charge in [-0.3, -0.25) is 9.80 Å². The third-order valence-corrected chi connectivity index (χ3v) is 8.33. The number of likely N-dealkylation sites (tertiary alicyclic amines) is 4. The Morgan fingerprint density at radius 3 is 0.839 bits per heavy atom. The summed E-state index contributed by atoms with van der Waals surface area (Å²) >= 11 is 0. The van der Waals surface area contributed by atoms with Crippen LogP contribution in [0.2, 0.25) is 0 Å². The van der Waals surface area contributed by atoms with Crippen LogP contribution in [-0.4, -0.2) is 186 Å². The number of ether oxygens (including phenoxy) is 2. The first-order valence-electron chi connectivity index (χ1n) is 18.0. The van der Waals surface area contributed by atoms with Crippen LogP contribution in [0.3, 0.4) is 0 Å². The number of aliphatic carboxylic acids is 6. The molecule has 0 aromatic heterocycles. The average molecular weight is 809 g/mol. The number of nitrogens with zero attached hydrogens (tertiary/aromatic N) is 4. The molecular weight excluding hydrogens is 748 g/mol. The molecule has 2 amide bonds. The summed E-state index contributed by atoms with van der Waals surface area (Å²) in [4.78, 5) is 87.2. The van der Waals surface area contributed by atoms with Gasteiger partial charge in [0.25, 0.3) is 0 Å². The lowest BCUT2D eigenvalue weighted by atomic mass is 10.0. The van der Waals surface area contributed by atoms with Crippen molar-refractivity contribution in [2.75, 3.05) is 52.4 Å². The lowest BCUT2D eigenvalue weighted by molar-refractivity contribution is -0.159. The van der Waals surface area contributed by atoms with Crippen molar-refractivity contribution in [3.63, 3.8) is 0 Å². The Hall–Kier alpha value is -4.80. The summed E-state index contributed by atoms with van der Waals surface area (Å²) in [6.45, 7) is 18.9. The molecule has 4 saturated heterocycles. The van der Waals surface area contributed by atoms with Crippen LogP contribution in [0.15, 0.2) is 0 Å². The molecule has 56 heavy (non-hydrogen) atoms. The van der Waals surface area contributed by atoms with Gasteiger partial charge in [-0.2, -0.15) is 0 Å². The largest absolute Gasteiger partial charge is 0.473 e. The summed E-state index contributed by atoms with van der Waals surface area (Å²) in [5, 5.41) is 44.3. The van der Waals surface area contributed by atoms with Crippen molar-refractivity contribution in [2.24, 2.45) is 11.5 Å². The van der Waals surface area contributed by atoms with Gasteiger partial charge in [-0.05, 0) is 80.1 Å². The zero-order chi connectivity index (χ0) is 43.6. The molecule has 4 rings (SSSR count). The third-order valence-electron chi connectivity index (χ3n) is 8.33. The van der Waals surface area contributed by atoms with Gasteiger partial charge in [0.2, 0.25) is 0 Å². The minimum atomic E-state index is -1.82. The second-order valence-corrected chi connectivity index (χ2v) is 15.3. The Morgan fingerprint density at radius 2 is 0.679 bits per heavy atom. The van der Waals surface area contributed by atoms with E-state index in [0.717, 1.165) is 90.9 Å². The van der Waals surface area contributed by atoms with E-state index in [0.29, 0.717) is 24.2 Å². The first-order chi connectivity index (χ1) is 25.6. The predicted octanol–water partition coefficient (Wildman–Crippen LogP) is 0.305. The van der Waals surface area contributed by atoms with Crippen molar-refractivity contribution in [1.82, 2.24) is 19.6 Å². The first kappa shape index (κ1) is 51.2. The number of carbonyl (C=O) groups is 8. The normalized spacial score (nSPS) is 20.5. The van der Waals surface area contributed by atoms with E-state index in [4.69, 9.17) is 80.3 Å². The van der Waals surface area contributed by atoms with E-state index in [1.165, 1.54) is 0 Å². The van der Waals surface area contributed by atoms with E-state index >= 15 is 0 Å². The molecule has 0 radical (unpaired) electrons. The minimum absolute atomic E-state index is 0.177. The fourth-order valence-electron chi connectivity index (χ4n) is 5.77. The van der Waals surface area contributed by atoms with E-state index in [1.54, 1.807) is 0 Å². The van der Waals surface area contributed by atoms with Gasteiger partial charge in [-0.15, -0.1) is 0 Å². The summed E-state index contributed by atoms with van der Waals surface area (Å²) in [7, 11) is 0. The van der Waals surface area contributed by atoms with E-state index in [1.807, 2.05) is 51.3 Å². The number of carboxylic acid groups (broad SMARTS) is 6. The molecule has 22 heteroatoms. The molecular formula is C34H60N6O16. The maximum absolute atomic E-state index is 12.0. The van der Waals surface area contributed by atoms with E-state index in [2.05, 4.69) is 9.80 Å². The monoisotopic (exact) mass is 808 g/mol. The van der Waals surface area contributed by atoms with Gasteiger partial charge < -0.3 is 61.4 Å². The lowest BCUT2D eigenvalue weighted by Crippen LogP contribution is -2.47. The molecule has 0 saturated carbocycles. The summed E-state index contributed by atoms with van der Waals surface area (Å²) in [5.41, 5.74) is 11.1. The lowest BCUT2D eigenvalue weighted by Gasteiger charge is -2.37. The highest BCUT2D eigenvalue weighted by Gasteiger charge is 2.33. The van der Waals surface area contributed by atoms with Crippen molar-refractivity contribution in [2.45, 2.75) is 115 Å². The SMILES string of the molecule is CC(C)(C)OC(=O)N1CCC(N2CCC(N)C2)CC1.CC(C)(C)OC(=O)N1CCC(N2CCC(N)C2)CC1.O=C(O)C(=O)O.O=C(O)C(=O)O.O=C(O)C(=O)O. The Bertz CT molecular complexity index is 1180. The van der Waals surface area contributed by atoms with Crippen LogP contribution >= 0.6 is 0 Å². The van der Waals surface area contributed by atoms with Crippen molar-refractivity contribution in [1.29, 1.82) is 0 Å². The molecule has 0 aromatic carbocycles. The highest BCUT2D eigenvalue weighted by atomic mass is 16.6. The number of hydrogen-bond acceptors (Lipinski definition) is 14. The molecule has 4 fully saturated rings. The molecule has 22 nitrogen and oxygen atoms in total. The fourth-order valence-corrected chi connectivity index (χ4v) is 5.77. The molecule has 0 spiro atoms. The topological polar surface area (TPSA) is 341 Å².